The molecule has 27 heavy (non-hydrogen) atoms. The third-order valence-electron chi connectivity index (χ3n) is 4.97. The summed E-state index contributed by atoms with van der Waals surface area (Å²) in [5.41, 5.74) is 8.19. The summed E-state index contributed by atoms with van der Waals surface area (Å²) in [7, 11) is 0. The first-order valence-corrected chi connectivity index (χ1v) is 9.07. The van der Waals surface area contributed by atoms with Crippen LogP contribution in [-0.4, -0.2) is 32.7 Å². The van der Waals surface area contributed by atoms with E-state index in [1.807, 2.05) is 35.9 Å². The number of benzene rings is 1. The van der Waals surface area contributed by atoms with Gasteiger partial charge >= 0.3 is 5.97 Å². The summed E-state index contributed by atoms with van der Waals surface area (Å²) in [6.07, 6.45) is 4.00. The Labute approximate surface area is 157 Å². The SMILES string of the molecule is CC[C@@H]1C[C@@H](OC(=O)c2ccccc2)[C@H](n2cc(C)c3c(N)ncnc32)O1. The lowest BCUT2D eigenvalue weighted by Gasteiger charge is -2.21. The minimum Gasteiger partial charge on any atom is -0.454 e. The van der Waals surface area contributed by atoms with Crippen LogP contribution in [0.5, 0.6) is 0 Å². The Kier molecular flexibility index (Phi) is 4.53. The number of carbonyl (C=O) groups excluding carboxylic acids is 1. The third kappa shape index (κ3) is 3.14. The van der Waals surface area contributed by atoms with Crippen molar-refractivity contribution < 1.29 is 14.3 Å². The average molecular weight is 366 g/mol. The predicted molar refractivity (Wildman–Crippen MR) is 101 cm³/mol. The fourth-order valence-electron chi connectivity index (χ4n) is 3.60. The van der Waals surface area contributed by atoms with Gasteiger partial charge in [0.1, 0.15) is 23.9 Å². The second-order valence-electron chi connectivity index (χ2n) is 6.78. The van der Waals surface area contributed by atoms with E-state index in [4.69, 9.17) is 15.2 Å². The van der Waals surface area contributed by atoms with Crippen LogP contribution < -0.4 is 5.73 Å². The highest BCUT2D eigenvalue weighted by Crippen LogP contribution is 2.36. The van der Waals surface area contributed by atoms with E-state index in [1.165, 1.54) is 6.33 Å². The summed E-state index contributed by atoms with van der Waals surface area (Å²) in [4.78, 5) is 21.0. The molecule has 0 aliphatic carbocycles. The van der Waals surface area contributed by atoms with Crippen LogP contribution in [0.25, 0.3) is 11.0 Å². The number of fused-ring (bicyclic) bond motifs is 1. The van der Waals surface area contributed by atoms with Crippen molar-refractivity contribution in [3.8, 4) is 0 Å². The number of aromatic nitrogens is 3. The van der Waals surface area contributed by atoms with Gasteiger partial charge in [0.05, 0.1) is 17.1 Å². The quantitative estimate of drug-likeness (QED) is 0.713. The average Bonchev–Trinajstić information content (AvgIpc) is 3.24. The first-order valence-electron chi connectivity index (χ1n) is 9.07. The molecule has 2 aromatic heterocycles. The summed E-state index contributed by atoms with van der Waals surface area (Å²) < 4.78 is 13.9. The Morgan fingerprint density at radius 2 is 2.11 bits per heavy atom. The number of nitrogen functional groups attached to an aromatic ring is 1. The van der Waals surface area contributed by atoms with E-state index in [2.05, 4.69) is 16.9 Å². The van der Waals surface area contributed by atoms with Crippen LogP contribution in [0.1, 0.15) is 41.9 Å². The Hall–Kier alpha value is -2.93. The van der Waals surface area contributed by atoms with Gasteiger partial charge in [-0.25, -0.2) is 14.8 Å². The van der Waals surface area contributed by atoms with Crippen molar-refractivity contribution in [2.45, 2.75) is 45.1 Å². The fraction of sp³-hybridized carbons (Fsp3) is 0.350. The molecule has 0 spiro atoms. The third-order valence-corrected chi connectivity index (χ3v) is 4.97. The van der Waals surface area contributed by atoms with Gasteiger partial charge in [0.25, 0.3) is 0 Å². The number of anilines is 1. The van der Waals surface area contributed by atoms with Crippen LogP contribution in [0.4, 0.5) is 5.82 Å². The number of esters is 1. The minimum atomic E-state index is -0.451. The number of carbonyl (C=O) groups is 1. The molecule has 0 unspecified atom stereocenters. The Balaban J connectivity index is 1.68. The number of nitrogens with two attached hydrogens (primary N) is 1. The molecular formula is C20H22N4O3. The van der Waals surface area contributed by atoms with Crippen LogP contribution in [0.15, 0.2) is 42.9 Å². The van der Waals surface area contributed by atoms with Gasteiger partial charge in [-0.2, -0.15) is 0 Å². The molecule has 1 aromatic carbocycles. The normalized spacial score (nSPS) is 22.2. The summed E-state index contributed by atoms with van der Waals surface area (Å²) >= 11 is 0. The zero-order chi connectivity index (χ0) is 19.0. The van der Waals surface area contributed by atoms with Gasteiger partial charge in [0.15, 0.2) is 6.23 Å². The molecule has 0 bridgehead atoms. The van der Waals surface area contributed by atoms with Crippen LogP contribution in [0, 0.1) is 6.92 Å². The summed E-state index contributed by atoms with van der Waals surface area (Å²) in [6.45, 7) is 4.01. The van der Waals surface area contributed by atoms with Crippen molar-refractivity contribution in [1.82, 2.24) is 14.5 Å². The lowest BCUT2D eigenvalue weighted by Crippen LogP contribution is -2.25. The highest BCUT2D eigenvalue weighted by molar-refractivity contribution is 5.90. The Morgan fingerprint density at radius 1 is 1.33 bits per heavy atom. The Bertz CT molecular complexity index is 970. The first-order chi connectivity index (χ1) is 13.1. The second-order valence-corrected chi connectivity index (χ2v) is 6.78. The van der Waals surface area contributed by atoms with Crippen LogP contribution in [0.2, 0.25) is 0 Å². The van der Waals surface area contributed by atoms with E-state index in [9.17, 15) is 4.79 Å². The van der Waals surface area contributed by atoms with Crippen molar-refractivity contribution in [2.24, 2.45) is 0 Å². The predicted octanol–water partition coefficient (Wildman–Crippen LogP) is 3.25. The van der Waals surface area contributed by atoms with Gasteiger partial charge in [0.2, 0.25) is 0 Å². The van der Waals surface area contributed by atoms with Crippen LogP contribution >= 0.6 is 0 Å². The van der Waals surface area contributed by atoms with E-state index in [0.717, 1.165) is 17.4 Å². The zero-order valence-electron chi connectivity index (χ0n) is 15.3. The number of aryl methyl sites for hydroxylation is 1. The van der Waals surface area contributed by atoms with Crippen molar-refractivity contribution >= 4 is 22.8 Å². The van der Waals surface area contributed by atoms with Gasteiger partial charge in [-0.1, -0.05) is 25.1 Å². The highest BCUT2D eigenvalue weighted by Gasteiger charge is 2.39. The van der Waals surface area contributed by atoms with E-state index >= 15 is 0 Å². The van der Waals surface area contributed by atoms with Crippen molar-refractivity contribution in [1.29, 1.82) is 0 Å². The topological polar surface area (TPSA) is 92.3 Å². The maximum atomic E-state index is 12.6. The standard InChI is InChI=1S/C20H22N4O3/c1-3-14-9-15(27-20(25)13-7-5-4-6-8-13)19(26-14)24-10-12(2)16-17(21)22-11-23-18(16)24/h4-8,10-11,14-15,19H,3,9H2,1-2H3,(H2,21,22,23)/t14-,15-,19-/m1/s1. The van der Waals surface area contributed by atoms with Gasteiger partial charge in [-0.15, -0.1) is 0 Å². The first kappa shape index (κ1) is 17.5. The highest BCUT2D eigenvalue weighted by atomic mass is 16.6. The molecule has 1 saturated heterocycles. The largest absolute Gasteiger partial charge is 0.454 e. The molecule has 1 fully saturated rings. The molecule has 7 nitrogen and oxygen atoms in total. The molecule has 0 amide bonds. The van der Waals surface area contributed by atoms with E-state index in [-0.39, 0.29) is 12.1 Å². The van der Waals surface area contributed by atoms with Gasteiger partial charge in [-0.3, -0.25) is 0 Å². The monoisotopic (exact) mass is 366 g/mol. The van der Waals surface area contributed by atoms with Gasteiger partial charge in [0, 0.05) is 12.6 Å². The zero-order valence-corrected chi connectivity index (χ0v) is 15.3. The lowest BCUT2D eigenvalue weighted by molar-refractivity contribution is -0.0465. The van der Waals surface area contributed by atoms with Crippen molar-refractivity contribution in [2.75, 3.05) is 5.73 Å². The minimum absolute atomic E-state index is 0.0144. The maximum absolute atomic E-state index is 12.6. The van der Waals surface area contributed by atoms with Crippen LogP contribution in [0.3, 0.4) is 0 Å². The summed E-state index contributed by atoms with van der Waals surface area (Å²) in [5, 5.41) is 0.800. The molecule has 0 saturated carbocycles. The number of ether oxygens (including phenoxy) is 2. The smallest absolute Gasteiger partial charge is 0.338 e. The molecule has 3 heterocycles. The molecule has 7 heteroatoms. The molecule has 140 valence electrons. The number of hydrogen-bond donors (Lipinski definition) is 1. The lowest BCUT2D eigenvalue weighted by atomic mass is 10.1. The maximum Gasteiger partial charge on any atom is 0.338 e. The summed E-state index contributed by atoms with van der Waals surface area (Å²) in [5.74, 6) is 0.0763. The van der Waals surface area contributed by atoms with Gasteiger partial charge < -0.3 is 19.8 Å². The van der Waals surface area contributed by atoms with Crippen molar-refractivity contribution in [3.05, 3.63) is 54.0 Å². The molecule has 3 aromatic rings. The number of rotatable bonds is 4. The van der Waals surface area contributed by atoms with E-state index in [1.54, 1.807) is 12.1 Å². The second kappa shape index (κ2) is 7.00. The van der Waals surface area contributed by atoms with Crippen LogP contribution in [-0.2, 0) is 9.47 Å². The molecule has 4 rings (SSSR count). The molecule has 1 aliphatic heterocycles. The van der Waals surface area contributed by atoms with E-state index in [0.29, 0.717) is 23.4 Å². The van der Waals surface area contributed by atoms with Gasteiger partial charge in [-0.05, 0) is 31.0 Å². The van der Waals surface area contributed by atoms with E-state index < -0.39 is 12.3 Å². The molecule has 0 radical (unpaired) electrons. The fourth-order valence-corrected chi connectivity index (χ4v) is 3.60. The summed E-state index contributed by atoms with van der Waals surface area (Å²) in [6, 6.07) is 8.98. The number of hydrogen-bond acceptors (Lipinski definition) is 6. The van der Waals surface area contributed by atoms with Crippen molar-refractivity contribution in [3.63, 3.8) is 0 Å². The molecule has 1 aliphatic rings. The molecular weight excluding hydrogens is 344 g/mol. The number of nitrogens with zero attached hydrogens (tertiary/aromatic N) is 3. The Morgan fingerprint density at radius 3 is 2.85 bits per heavy atom. The molecule has 2 N–H and O–H groups in total. The molecule has 3 atom stereocenters.